The fourth-order valence-electron chi connectivity index (χ4n) is 3.21. The van der Waals surface area contributed by atoms with Gasteiger partial charge in [-0.25, -0.2) is 0 Å². The number of rotatable bonds is 5. The first-order chi connectivity index (χ1) is 11.0. The van der Waals surface area contributed by atoms with Crippen molar-refractivity contribution in [3.8, 4) is 0 Å². The maximum absolute atomic E-state index is 12.9. The van der Waals surface area contributed by atoms with Gasteiger partial charge in [0, 0.05) is 17.4 Å². The van der Waals surface area contributed by atoms with Gasteiger partial charge in [0.05, 0.1) is 8.07 Å². The van der Waals surface area contributed by atoms with Gasteiger partial charge < -0.3 is 0 Å². The van der Waals surface area contributed by atoms with Crippen LogP contribution in [0.3, 0.4) is 0 Å². The summed E-state index contributed by atoms with van der Waals surface area (Å²) in [6, 6.07) is 20.2. The Morgan fingerprint density at radius 2 is 1.48 bits per heavy atom. The number of benzene rings is 2. The molecule has 3 rings (SSSR count). The molecule has 0 saturated heterocycles. The van der Waals surface area contributed by atoms with E-state index in [1.165, 1.54) is 5.56 Å². The number of carbonyl (C=O) groups excluding carboxylic acids is 1. The van der Waals surface area contributed by atoms with Crippen LogP contribution in [-0.2, 0) is 0 Å². The minimum absolute atomic E-state index is 0.0902. The lowest BCUT2D eigenvalue weighted by molar-refractivity contribution is 0.0961. The van der Waals surface area contributed by atoms with E-state index in [-0.39, 0.29) is 11.7 Å². The van der Waals surface area contributed by atoms with Gasteiger partial charge >= 0.3 is 0 Å². The summed E-state index contributed by atoms with van der Waals surface area (Å²) in [6.07, 6.45) is 2.31. The second-order valence-corrected chi connectivity index (χ2v) is 12.6. The molecule has 2 heteroatoms. The molecular formula is C21H24OSi. The molecule has 1 aliphatic rings. The molecule has 3 atom stereocenters. The number of allylic oxidation sites excluding steroid dienone is 1. The highest BCUT2D eigenvalue weighted by Crippen LogP contribution is 2.56. The van der Waals surface area contributed by atoms with Crippen molar-refractivity contribution in [2.45, 2.75) is 25.6 Å². The maximum atomic E-state index is 12.9. The Morgan fingerprint density at radius 1 is 0.913 bits per heavy atom. The molecule has 23 heavy (non-hydrogen) atoms. The summed E-state index contributed by atoms with van der Waals surface area (Å²) in [5, 5.41) is 0. The second-order valence-electron chi connectivity index (χ2n) is 7.50. The molecule has 118 valence electrons. The van der Waals surface area contributed by atoms with Gasteiger partial charge in [0.15, 0.2) is 5.78 Å². The SMILES string of the molecule is C[Si](C)(C)/C=C/[C@H]1[C@@H](C(=O)c2ccccc2)[C@@H]1c1ccccc1. The predicted octanol–water partition coefficient (Wildman–Crippen LogP) is 5.33. The molecule has 2 aromatic carbocycles. The molecule has 1 aliphatic carbocycles. The first-order valence-electron chi connectivity index (χ1n) is 8.31. The minimum atomic E-state index is -1.25. The van der Waals surface area contributed by atoms with Crippen molar-refractivity contribution in [1.82, 2.24) is 0 Å². The molecule has 0 unspecified atom stereocenters. The predicted molar refractivity (Wildman–Crippen MR) is 99.4 cm³/mol. The van der Waals surface area contributed by atoms with Gasteiger partial charge in [0.25, 0.3) is 0 Å². The van der Waals surface area contributed by atoms with Crippen LogP contribution in [0.1, 0.15) is 21.8 Å². The highest BCUT2D eigenvalue weighted by molar-refractivity contribution is 6.80. The molecule has 0 aliphatic heterocycles. The highest BCUT2D eigenvalue weighted by Gasteiger charge is 2.53. The summed E-state index contributed by atoms with van der Waals surface area (Å²) < 4.78 is 0. The molecule has 2 aromatic rings. The summed E-state index contributed by atoms with van der Waals surface area (Å²) in [6.45, 7) is 6.99. The van der Waals surface area contributed by atoms with Crippen molar-refractivity contribution in [3.05, 3.63) is 83.6 Å². The Hall–Kier alpha value is -1.93. The van der Waals surface area contributed by atoms with E-state index in [4.69, 9.17) is 0 Å². The molecule has 1 saturated carbocycles. The standard InChI is InChI=1S/C21H24OSi/c1-23(2,3)15-14-18-19(16-10-6-4-7-11-16)20(18)21(22)17-12-8-5-9-13-17/h4-15,18-20H,1-3H3/b15-14+/t18-,19-,20-/m1/s1. The number of carbonyl (C=O) groups is 1. The van der Waals surface area contributed by atoms with Crippen LogP contribution in [0, 0.1) is 11.8 Å². The van der Waals surface area contributed by atoms with E-state index in [2.05, 4.69) is 55.7 Å². The average Bonchev–Trinajstić information content (AvgIpc) is 3.27. The van der Waals surface area contributed by atoms with E-state index in [9.17, 15) is 4.79 Å². The van der Waals surface area contributed by atoms with Crippen LogP contribution >= 0.6 is 0 Å². The van der Waals surface area contributed by atoms with Crippen LogP contribution in [-0.4, -0.2) is 13.9 Å². The summed E-state index contributed by atoms with van der Waals surface area (Å²) in [4.78, 5) is 12.9. The third kappa shape index (κ3) is 3.70. The van der Waals surface area contributed by atoms with E-state index in [1.54, 1.807) is 0 Å². The molecule has 0 spiro atoms. The Kier molecular flexibility index (Phi) is 4.36. The van der Waals surface area contributed by atoms with Crippen LogP contribution in [0.2, 0.25) is 19.6 Å². The molecule has 0 aromatic heterocycles. The summed E-state index contributed by atoms with van der Waals surface area (Å²) >= 11 is 0. The summed E-state index contributed by atoms with van der Waals surface area (Å²) in [5.74, 6) is 1.05. The van der Waals surface area contributed by atoms with Crippen molar-refractivity contribution >= 4 is 13.9 Å². The van der Waals surface area contributed by atoms with Crippen LogP contribution in [0.15, 0.2) is 72.4 Å². The van der Waals surface area contributed by atoms with Gasteiger partial charge in [-0.3, -0.25) is 4.79 Å². The van der Waals surface area contributed by atoms with E-state index >= 15 is 0 Å². The molecule has 0 amide bonds. The van der Waals surface area contributed by atoms with Gasteiger partial charge in [-0.15, -0.1) is 0 Å². The largest absolute Gasteiger partial charge is 0.294 e. The highest BCUT2D eigenvalue weighted by atomic mass is 28.3. The zero-order valence-corrected chi connectivity index (χ0v) is 15.1. The fraction of sp³-hybridized carbons (Fsp3) is 0.286. The van der Waals surface area contributed by atoms with Crippen molar-refractivity contribution < 1.29 is 4.79 Å². The van der Waals surface area contributed by atoms with Crippen LogP contribution in [0.5, 0.6) is 0 Å². The molecule has 0 heterocycles. The van der Waals surface area contributed by atoms with Gasteiger partial charge in [0.2, 0.25) is 0 Å². The second kappa shape index (κ2) is 6.29. The lowest BCUT2D eigenvalue weighted by Gasteiger charge is -2.07. The normalized spacial score (nSPS) is 23.9. The van der Waals surface area contributed by atoms with Crippen molar-refractivity contribution in [2.75, 3.05) is 0 Å². The number of hydrogen-bond acceptors (Lipinski definition) is 1. The van der Waals surface area contributed by atoms with Crippen LogP contribution < -0.4 is 0 Å². The topological polar surface area (TPSA) is 17.1 Å². The molecule has 1 nitrogen and oxygen atoms in total. The number of hydrogen-bond donors (Lipinski definition) is 0. The molecule has 0 radical (unpaired) electrons. The lowest BCUT2D eigenvalue weighted by Crippen LogP contribution is -2.15. The molecule has 0 N–H and O–H groups in total. The summed E-state index contributed by atoms with van der Waals surface area (Å²) in [7, 11) is -1.25. The Bertz CT molecular complexity index is 698. The van der Waals surface area contributed by atoms with E-state index in [0.717, 1.165) is 5.56 Å². The van der Waals surface area contributed by atoms with Crippen molar-refractivity contribution in [3.63, 3.8) is 0 Å². The zero-order chi connectivity index (χ0) is 16.4. The van der Waals surface area contributed by atoms with Gasteiger partial charge in [-0.1, -0.05) is 92.1 Å². The Labute approximate surface area is 140 Å². The van der Waals surface area contributed by atoms with Gasteiger partial charge in [-0.2, -0.15) is 0 Å². The van der Waals surface area contributed by atoms with Crippen LogP contribution in [0.4, 0.5) is 0 Å². The first-order valence-corrected chi connectivity index (χ1v) is 11.9. The number of Topliss-reactive ketones (excluding diaryl/α,β-unsaturated/α-hetero) is 1. The summed E-state index contributed by atoms with van der Waals surface area (Å²) in [5.41, 5.74) is 4.50. The average molecular weight is 321 g/mol. The fourth-order valence-corrected chi connectivity index (χ4v) is 4.01. The Morgan fingerprint density at radius 3 is 2.04 bits per heavy atom. The quantitative estimate of drug-likeness (QED) is 0.537. The smallest absolute Gasteiger partial charge is 0.167 e. The maximum Gasteiger partial charge on any atom is 0.167 e. The zero-order valence-electron chi connectivity index (χ0n) is 14.1. The molecular weight excluding hydrogens is 296 g/mol. The van der Waals surface area contributed by atoms with E-state index in [1.807, 2.05) is 36.4 Å². The minimum Gasteiger partial charge on any atom is -0.294 e. The number of ketones is 1. The third-order valence-electron chi connectivity index (χ3n) is 4.44. The molecule has 1 fully saturated rings. The van der Waals surface area contributed by atoms with Gasteiger partial charge in [-0.05, 0) is 11.5 Å². The van der Waals surface area contributed by atoms with Crippen molar-refractivity contribution in [1.29, 1.82) is 0 Å². The molecule has 0 bridgehead atoms. The lowest BCUT2D eigenvalue weighted by atomic mass is 10.0. The monoisotopic (exact) mass is 320 g/mol. The van der Waals surface area contributed by atoms with Crippen molar-refractivity contribution in [2.24, 2.45) is 11.8 Å². The third-order valence-corrected chi connectivity index (χ3v) is 5.63. The van der Waals surface area contributed by atoms with Crippen LogP contribution in [0.25, 0.3) is 0 Å². The van der Waals surface area contributed by atoms with Gasteiger partial charge in [0.1, 0.15) is 0 Å². The van der Waals surface area contributed by atoms with E-state index in [0.29, 0.717) is 11.8 Å². The Balaban J connectivity index is 1.87. The van der Waals surface area contributed by atoms with E-state index < -0.39 is 8.07 Å². The first kappa shape index (κ1) is 15.9.